The van der Waals surface area contributed by atoms with Crippen molar-refractivity contribution in [2.75, 3.05) is 18.4 Å². The van der Waals surface area contributed by atoms with Crippen LogP contribution in [0.25, 0.3) is 0 Å². The molecule has 3 atom stereocenters. The number of hydrogen-bond acceptors (Lipinski definition) is 3. The molecular formula is C16H24N3O3+. The van der Waals surface area contributed by atoms with E-state index < -0.39 is 4.92 Å². The van der Waals surface area contributed by atoms with E-state index in [9.17, 15) is 14.9 Å². The molecule has 0 bridgehead atoms. The first-order valence-corrected chi connectivity index (χ1v) is 7.79. The third-order valence-electron chi connectivity index (χ3n) is 4.49. The third-order valence-corrected chi connectivity index (χ3v) is 4.49. The van der Waals surface area contributed by atoms with Crippen molar-refractivity contribution in [2.24, 2.45) is 5.92 Å². The average Bonchev–Trinajstić information content (AvgIpc) is 2.48. The van der Waals surface area contributed by atoms with Crippen LogP contribution >= 0.6 is 0 Å². The Balaban J connectivity index is 2.03. The van der Waals surface area contributed by atoms with Gasteiger partial charge in [0.15, 0.2) is 6.04 Å². The molecule has 1 amide bonds. The van der Waals surface area contributed by atoms with Crippen molar-refractivity contribution in [1.29, 1.82) is 0 Å². The lowest BCUT2D eigenvalue weighted by Gasteiger charge is -2.31. The molecule has 0 saturated carbocycles. The van der Waals surface area contributed by atoms with Gasteiger partial charge in [-0.15, -0.1) is 0 Å². The van der Waals surface area contributed by atoms with Crippen LogP contribution in [0, 0.1) is 23.0 Å². The normalized spacial score (nSPS) is 22.9. The molecule has 120 valence electrons. The Morgan fingerprint density at radius 3 is 2.82 bits per heavy atom. The minimum Gasteiger partial charge on any atom is -0.325 e. The van der Waals surface area contributed by atoms with Crippen molar-refractivity contribution >= 4 is 17.3 Å². The second-order valence-electron chi connectivity index (χ2n) is 6.33. The summed E-state index contributed by atoms with van der Waals surface area (Å²) in [6.45, 7) is 7.99. The van der Waals surface area contributed by atoms with E-state index in [0.717, 1.165) is 19.5 Å². The Morgan fingerprint density at radius 2 is 2.23 bits per heavy atom. The number of piperidine rings is 1. The van der Waals surface area contributed by atoms with Gasteiger partial charge in [-0.25, -0.2) is 0 Å². The quantitative estimate of drug-likeness (QED) is 0.654. The number of hydrogen-bond donors (Lipinski definition) is 2. The highest BCUT2D eigenvalue weighted by atomic mass is 16.6. The van der Waals surface area contributed by atoms with Crippen molar-refractivity contribution in [3.63, 3.8) is 0 Å². The number of likely N-dealkylation sites (tertiary alicyclic amines) is 1. The molecule has 0 aromatic heterocycles. The van der Waals surface area contributed by atoms with Crippen molar-refractivity contribution in [3.05, 3.63) is 33.9 Å². The molecule has 6 nitrogen and oxygen atoms in total. The Hall–Kier alpha value is -1.95. The van der Waals surface area contributed by atoms with Gasteiger partial charge in [-0.05, 0) is 38.3 Å². The summed E-state index contributed by atoms with van der Waals surface area (Å²) in [7, 11) is 0. The molecular weight excluding hydrogens is 282 g/mol. The van der Waals surface area contributed by atoms with Crippen molar-refractivity contribution in [2.45, 2.75) is 39.7 Å². The summed E-state index contributed by atoms with van der Waals surface area (Å²) in [6.07, 6.45) is 2.39. The molecule has 1 unspecified atom stereocenters. The van der Waals surface area contributed by atoms with E-state index in [1.807, 2.05) is 6.92 Å². The number of rotatable bonds is 4. The summed E-state index contributed by atoms with van der Waals surface area (Å²) in [6, 6.07) is 4.39. The third kappa shape index (κ3) is 3.82. The monoisotopic (exact) mass is 306 g/mol. The fourth-order valence-corrected chi connectivity index (χ4v) is 3.05. The average molecular weight is 306 g/mol. The number of carbonyl (C=O) groups excluding carboxylic acids is 1. The molecule has 0 aliphatic carbocycles. The van der Waals surface area contributed by atoms with Crippen molar-refractivity contribution in [1.82, 2.24) is 0 Å². The predicted molar refractivity (Wildman–Crippen MR) is 85.0 cm³/mol. The van der Waals surface area contributed by atoms with Crippen LogP contribution in [0.1, 0.15) is 32.3 Å². The van der Waals surface area contributed by atoms with Crippen LogP contribution in [0.15, 0.2) is 18.2 Å². The van der Waals surface area contributed by atoms with E-state index in [4.69, 9.17) is 0 Å². The second kappa shape index (κ2) is 6.87. The molecule has 1 saturated heterocycles. The number of amides is 1. The highest BCUT2D eigenvalue weighted by Gasteiger charge is 2.29. The maximum absolute atomic E-state index is 12.4. The summed E-state index contributed by atoms with van der Waals surface area (Å²) in [4.78, 5) is 24.1. The van der Waals surface area contributed by atoms with Gasteiger partial charge in [-0.2, -0.15) is 0 Å². The number of nitro benzene ring substituents is 1. The molecule has 0 radical (unpaired) electrons. The molecule has 1 aliphatic heterocycles. The predicted octanol–water partition coefficient (Wildman–Crippen LogP) is 1.55. The summed E-state index contributed by atoms with van der Waals surface area (Å²) in [5.74, 6) is 0.626. The second-order valence-corrected chi connectivity index (χ2v) is 6.33. The lowest BCUT2D eigenvalue weighted by atomic mass is 9.99. The summed E-state index contributed by atoms with van der Waals surface area (Å²) >= 11 is 0. The molecule has 6 heteroatoms. The number of aryl methyl sites for hydroxylation is 1. The summed E-state index contributed by atoms with van der Waals surface area (Å²) in [5.41, 5.74) is 1.39. The molecule has 1 aromatic rings. The maximum Gasteiger partial charge on any atom is 0.282 e. The van der Waals surface area contributed by atoms with Crippen molar-refractivity contribution < 1.29 is 14.6 Å². The van der Waals surface area contributed by atoms with Crippen LogP contribution in [0.2, 0.25) is 0 Å². The summed E-state index contributed by atoms with van der Waals surface area (Å²) < 4.78 is 0. The molecule has 1 aromatic carbocycles. The van der Waals surface area contributed by atoms with Gasteiger partial charge >= 0.3 is 0 Å². The number of carbonyl (C=O) groups is 1. The maximum atomic E-state index is 12.4. The van der Waals surface area contributed by atoms with Crippen LogP contribution < -0.4 is 10.2 Å². The lowest BCUT2D eigenvalue weighted by Crippen LogP contribution is -3.17. The van der Waals surface area contributed by atoms with E-state index in [0.29, 0.717) is 17.2 Å². The first kappa shape index (κ1) is 16.4. The largest absolute Gasteiger partial charge is 0.325 e. The molecule has 1 aliphatic rings. The van der Waals surface area contributed by atoms with Crippen LogP contribution in [0.4, 0.5) is 11.4 Å². The van der Waals surface area contributed by atoms with E-state index in [-0.39, 0.29) is 17.6 Å². The SMILES string of the molecule is Cc1cc([N+](=O)[O-])ccc1NC(=O)[C@@H](C)[NH+]1CCC[C@H](C)C1. The topological polar surface area (TPSA) is 76.7 Å². The number of benzene rings is 1. The van der Waals surface area contributed by atoms with Gasteiger partial charge in [0.05, 0.1) is 18.0 Å². The first-order valence-electron chi connectivity index (χ1n) is 7.79. The Kier molecular flexibility index (Phi) is 5.13. The molecule has 22 heavy (non-hydrogen) atoms. The number of anilines is 1. The minimum absolute atomic E-state index is 0.0268. The van der Waals surface area contributed by atoms with Gasteiger partial charge in [0.25, 0.3) is 11.6 Å². The minimum atomic E-state index is -0.430. The van der Waals surface area contributed by atoms with E-state index in [2.05, 4.69) is 12.2 Å². The van der Waals surface area contributed by atoms with Crippen LogP contribution in [0.3, 0.4) is 0 Å². The molecule has 1 heterocycles. The van der Waals surface area contributed by atoms with Gasteiger partial charge < -0.3 is 10.2 Å². The Morgan fingerprint density at radius 1 is 1.50 bits per heavy atom. The number of non-ortho nitro benzene ring substituents is 1. The molecule has 2 N–H and O–H groups in total. The molecule has 1 fully saturated rings. The van der Waals surface area contributed by atoms with E-state index >= 15 is 0 Å². The number of nitrogens with one attached hydrogen (secondary N) is 2. The standard InChI is InChI=1S/C16H23N3O3/c1-11-5-4-8-18(10-11)13(3)16(20)17-15-7-6-14(19(21)22)9-12(15)2/h6-7,9,11,13H,4-5,8,10H2,1-3H3,(H,17,20)/p+1/t11-,13+/m0/s1. The van der Waals surface area contributed by atoms with Crippen LogP contribution in [-0.2, 0) is 4.79 Å². The first-order chi connectivity index (χ1) is 10.4. The van der Waals surface area contributed by atoms with E-state index in [1.54, 1.807) is 13.0 Å². The number of nitrogens with zero attached hydrogens (tertiary/aromatic N) is 1. The smallest absolute Gasteiger partial charge is 0.282 e. The van der Waals surface area contributed by atoms with Crippen LogP contribution in [0.5, 0.6) is 0 Å². The van der Waals surface area contributed by atoms with Gasteiger partial charge in [-0.3, -0.25) is 14.9 Å². The van der Waals surface area contributed by atoms with Gasteiger partial charge in [0.1, 0.15) is 0 Å². The zero-order chi connectivity index (χ0) is 16.3. The fraction of sp³-hybridized carbons (Fsp3) is 0.562. The zero-order valence-corrected chi connectivity index (χ0v) is 13.4. The van der Waals surface area contributed by atoms with Crippen LogP contribution in [-0.4, -0.2) is 30.0 Å². The fourth-order valence-electron chi connectivity index (χ4n) is 3.05. The van der Waals surface area contributed by atoms with Gasteiger partial charge in [-0.1, -0.05) is 6.92 Å². The zero-order valence-electron chi connectivity index (χ0n) is 13.4. The number of quaternary nitrogens is 1. The Bertz CT molecular complexity index is 574. The van der Waals surface area contributed by atoms with E-state index in [1.165, 1.54) is 23.5 Å². The van der Waals surface area contributed by atoms with Crippen molar-refractivity contribution in [3.8, 4) is 0 Å². The number of nitro groups is 1. The van der Waals surface area contributed by atoms with Gasteiger partial charge in [0, 0.05) is 23.7 Å². The van der Waals surface area contributed by atoms with Gasteiger partial charge in [0.2, 0.25) is 0 Å². The summed E-state index contributed by atoms with van der Waals surface area (Å²) in [5, 5.41) is 13.7. The highest BCUT2D eigenvalue weighted by molar-refractivity contribution is 5.94. The lowest BCUT2D eigenvalue weighted by molar-refractivity contribution is -0.922. The molecule has 2 rings (SSSR count). The Labute approximate surface area is 130 Å². The molecule has 0 spiro atoms. The highest BCUT2D eigenvalue weighted by Crippen LogP contribution is 2.21.